The first kappa shape index (κ1) is 13.5. The molecule has 2 rings (SSSR count). The summed E-state index contributed by atoms with van der Waals surface area (Å²) >= 11 is 1.10. The maximum Gasteiger partial charge on any atom is 0.265 e. The van der Waals surface area contributed by atoms with E-state index >= 15 is 0 Å². The summed E-state index contributed by atoms with van der Waals surface area (Å²) in [4.78, 5) is 12.5. The van der Waals surface area contributed by atoms with Gasteiger partial charge in [-0.25, -0.2) is 0 Å². The van der Waals surface area contributed by atoms with Gasteiger partial charge in [-0.1, -0.05) is 23.5 Å². The van der Waals surface area contributed by atoms with E-state index in [0.717, 1.165) is 29.3 Å². The van der Waals surface area contributed by atoms with E-state index in [9.17, 15) is 4.79 Å². The molecule has 1 aromatic heterocycles. The fourth-order valence-electron chi connectivity index (χ4n) is 1.62. The van der Waals surface area contributed by atoms with E-state index in [2.05, 4.69) is 14.9 Å². The lowest BCUT2D eigenvalue weighted by Gasteiger charge is -2.04. The fraction of sp³-hybridized carbons (Fsp3) is 0.308. The highest BCUT2D eigenvalue weighted by Crippen LogP contribution is 2.26. The molecule has 1 heterocycles. The molecule has 0 aliphatic heterocycles. The van der Waals surface area contributed by atoms with Crippen LogP contribution in [0.2, 0.25) is 0 Å². The summed E-state index contributed by atoms with van der Waals surface area (Å²) in [6.07, 6.45) is 0.895. The maximum atomic E-state index is 12.0. The van der Waals surface area contributed by atoms with Crippen LogP contribution < -0.4 is 10.1 Å². The molecule has 0 saturated carbocycles. The van der Waals surface area contributed by atoms with Gasteiger partial charge in [-0.15, -0.1) is 5.10 Å². The number of benzene rings is 1. The molecule has 19 heavy (non-hydrogen) atoms. The molecule has 0 fully saturated rings. The summed E-state index contributed by atoms with van der Waals surface area (Å²) in [7, 11) is 1.60. The summed E-state index contributed by atoms with van der Waals surface area (Å²) in [6.45, 7) is 2.66. The number of nitrogens with one attached hydrogen (secondary N) is 1. The van der Waals surface area contributed by atoms with Gasteiger partial charge in [0.15, 0.2) is 0 Å². The Labute approximate surface area is 115 Å². The molecule has 0 spiro atoms. The van der Waals surface area contributed by atoms with Crippen molar-refractivity contribution in [2.24, 2.45) is 0 Å². The van der Waals surface area contributed by atoms with Crippen molar-refractivity contribution in [1.82, 2.24) is 14.9 Å². The molecule has 2 aromatic rings. The monoisotopic (exact) mass is 277 g/mol. The van der Waals surface area contributed by atoms with E-state index in [1.807, 2.05) is 31.2 Å². The third-order valence-electron chi connectivity index (χ3n) is 2.57. The Balaban J connectivity index is 2.30. The summed E-state index contributed by atoms with van der Waals surface area (Å²) in [5.41, 5.74) is 1.42. The van der Waals surface area contributed by atoms with E-state index in [1.165, 1.54) is 0 Å². The number of carbonyl (C=O) groups excluding carboxylic acids is 1. The number of hydrogen-bond acceptors (Lipinski definition) is 5. The van der Waals surface area contributed by atoms with Crippen molar-refractivity contribution in [1.29, 1.82) is 0 Å². The van der Waals surface area contributed by atoms with Gasteiger partial charge in [0.05, 0.1) is 7.11 Å². The molecule has 0 saturated heterocycles. The molecule has 0 radical (unpaired) electrons. The molecule has 6 heteroatoms. The highest BCUT2D eigenvalue weighted by Gasteiger charge is 2.17. The zero-order valence-corrected chi connectivity index (χ0v) is 11.7. The molecule has 1 N–H and O–H groups in total. The van der Waals surface area contributed by atoms with Crippen molar-refractivity contribution < 1.29 is 9.53 Å². The number of ether oxygens (including phenoxy) is 1. The molecule has 0 bridgehead atoms. The van der Waals surface area contributed by atoms with Gasteiger partial charge >= 0.3 is 0 Å². The second-order valence-corrected chi connectivity index (χ2v) is 4.69. The largest absolute Gasteiger partial charge is 0.497 e. The van der Waals surface area contributed by atoms with Crippen LogP contribution in [0.15, 0.2) is 24.3 Å². The van der Waals surface area contributed by atoms with Crippen LogP contribution >= 0.6 is 11.5 Å². The van der Waals surface area contributed by atoms with Gasteiger partial charge in [0.2, 0.25) is 0 Å². The fourth-order valence-corrected chi connectivity index (χ4v) is 2.22. The summed E-state index contributed by atoms with van der Waals surface area (Å²) in [5, 5.41) is 6.88. The molecule has 0 aliphatic carbocycles. The molecule has 0 unspecified atom stereocenters. The Morgan fingerprint density at radius 2 is 2.32 bits per heavy atom. The van der Waals surface area contributed by atoms with E-state index < -0.39 is 0 Å². The molecule has 0 aliphatic rings. The SMILES string of the molecule is CCCNC(=O)c1snnc1-c1cccc(OC)c1. The Bertz CT molecular complexity index is 569. The number of rotatable bonds is 5. The zero-order chi connectivity index (χ0) is 13.7. The predicted octanol–water partition coefficient (Wildman–Crippen LogP) is 2.35. The third kappa shape index (κ3) is 3.08. The molecule has 5 nitrogen and oxygen atoms in total. The van der Waals surface area contributed by atoms with E-state index in [1.54, 1.807) is 7.11 Å². The summed E-state index contributed by atoms with van der Waals surface area (Å²) in [5.74, 6) is 0.597. The highest BCUT2D eigenvalue weighted by atomic mass is 32.1. The van der Waals surface area contributed by atoms with Gasteiger partial charge in [-0.3, -0.25) is 4.79 Å². The van der Waals surface area contributed by atoms with E-state index in [-0.39, 0.29) is 5.91 Å². The van der Waals surface area contributed by atoms with Crippen molar-refractivity contribution in [3.63, 3.8) is 0 Å². The average Bonchev–Trinajstić information content (AvgIpc) is 2.94. The van der Waals surface area contributed by atoms with Gasteiger partial charge < -0.3 is 10.1 Å². The molecular formula is C13H15N3O2S. The maximum absolute atomic E-state index is 12.0. The molecule has 1 amide bonds. The van der Waals surface area contributed by atoms with Crippen LogP contribution in [0.1, 0.15) is 23.0 Å². The van der Waals surface area contributed by atoms with Crippen LogP contribution in [-0.2, 0) is 0 Å². The van der Waals surface area contributed by atoms with Crippen LogP contribution in [-0.4, -0.2) is 29.1 Å². The van der Waals surface area contributed by atoms with Crippen molar-refractivity contribution in [2.45, 2.75) is 13.3 Å². The Morgan fingerprint density at radius 1 is 1.47 bits per heavy atom. The van der Waals surface area contributed by atoms with Crippen LogP contribution in [0.3, 0.4) is 0 Å². The second kappa shape index (κ2) is 6.29. The number of hydrogen-bond donors (Lipinski definition) is 1. The number of aromatic nitrogens is 2. The van der Waals surface area contributed by atoms with Crippen LogP contribution in [0.25, 0.3) is 11.3 Å². The minimum absolute atomic E-state index is 0.130. The van der Waals surface area contributed by atoms with Gasteiger partial charge in [0.25, 0.3) is 5.91 Å². The van der Waals surface area contributed by atoms with Gasteiger partial charge in [0.1, 0.15) is 16.3 Å². The summed E-state index contributed by atoms with van der Waals surface area (Å²) < 4.78 is 9.05. The molecule has 0 atom stereocenters. The minimum Gasteiger partial charge on any atom is -0.497 e. The zero-order valence-electron chi connectivity index (χ0n) is 10.8. The van der Waals surface area contributed by atoms with E-state index in [0.29, 0.717) is 17.1 Å². The van der Waals surface area contributed by atoms with Gasteiger partial charge in [-0.05, 0) is 30.1 Å². The third-order valence-corrected chi connectivity index (χ3v) is 3.30. The summed E-state index contributed by atoms with van der Waals surface area (Å²) in [6, 6.07) is 7.44. The lowest BCUT2D eigenvalue weighted by Crippen LogP contribution is -2.23. The smallest absolute Gasteiger partial charge is 0.265 e. The van der Waals surface area contributed by atoms with Gasteiger partial charge in [0, 0.05) is 12.1 Å². The first-order valence-corrected chi connectivity index (χ1v) is 6.78. The topological polar surface area (TPSA) is 64.1 Å². The van der Waals surface area contributed by atoms with Crippen LogP contribution in [0.4, 0.5) is 0 Å². The van der Waals surface area contributed by atoms with Crippen LogP contribution in [0, 0.1) is 0 Å². The lowest BCUT2D eigenvalue weighted by molar-refractivity contribution is 0.0958. The highest BCUT2D eigenvalue weighted by molar-refractivity contribution is 7.08. The number of amides is 1. The molecule has 1 aromatic carbocycles. The first-order valence-electron chi connectivity index (χ1n) is 6.01. The Morgan fingerprint density at radius 3 is 3.05 bits per heavy atom. The van der Waals surface area contributed by atoms with Crippen molar-refractivity contribution >= 4 is 17.4 Å². The van der Waals surface area contributed by atoms with Gasteiger partial charge in [-0.2, -0.15) is 0 Å². The average molecular weight is 277 g/mol. The number of methoxy groups -OCH3 is 1. The number of nitrogens with zero attached hydrogens (tertiary/aromatic N) is 2. The Hall–Kier alpha value is -1.95. The first-order chi connectivity index (χ1) is 9.26. The quantitative estimate of drug-likeness (QED) is 0.911. The number of carbonyl (C=O) groups is 1. The van der Waals surface area contributed by atoms with Crippen LogP contribution in [0.5, 0.6) is 5.75 Å². The lowest BCUT2D eigenvalue weighted by atomic mass is 10.1. The van der Waals surface area contributed by atoms with Crippen molar-refractivity contribution in [3.05, 3.63) is 29.1 Å². The Kier molecular flexibility index (Phi) is 4.46. The van der Waals surface area contributed by atoms with Crippen molar-refractivity contribution in [2.75, 3.05) is 13.7 Å². The molecular weight excluding hydrogens is 262 g/mol. The standard InChI is InChI=1S/C13H15N3O2S/c1-3-7-14-13(17)12-11(15-16-19-12)9-5-4-6-10(8-9)18-2/h4-6,8H,3,7H2,1-2H3,(H,14,17). The normalized spacial score (nSPS) is 10.2. The molecule has 100 valence electrons. The minimum atomic E-state index is -0.130. The second-order valence-electron chi connectivity index (χ2n) is 3.94. The van der Waals surface area contributed by atoms with Crippen molar-refractivity contribution in [3.8, 4) is 17.0 Å². The predicted molar refractivity (Wildman–Crippen MR) is 74.5 cm³/mol. The van der Waals surface area contributed by atoms with E-state index in [4.69, 9.17) is 4.74 Å².